The summed E-state index contributed by atoms with van der Waals surface area (Å²) in [6.45, 7) is 2.25. The molecule has 1 N–H and O–H groups in total. The highest BCUT2D eigenvalue weighted by Crippen LogP contribution is 2.38. The number of aliphatic imine (C=N–C) groups is 1. The first kappa shape index (κ1) is 21.1. The molecule has 0 fully saturated rings. The lowest BCUT2D eigenvalue weighted by Crippen LogP contribution is -2.18. The highest BCUT2D eigenvalue weighted by atomic mass is 19.1. The van der Waals surface area contributed by atoms with Crippen LogP contribution in [0.25, 0.3) is 6.08 Å². The van der Waals surface area contributed by atoms with Crippen molar-refractivity contribution >= 4 is 35.4 Å². The van der Waals surface area contributed by atoms with Gasteiger partial charge >= 0.3 is 0 Å². The van der Waals surface area contributed by atoms with Crippen LogP contribution in [0, 0.1) is 29.9 Å². The SMILES string of the molecule is C/N=C/C=C\c1cc(F)c(N2CCc3c(C)nc(Nc4ccc(C#N)cc4)nc32)c(F)c1. The van der Waals surface area contributed by atoms with Gasteiger partial charge in [0.25, 0.3) is 0 Å². The van der Waals surface area contributed by atoms with Crippen LogP contribution in [0.1, 0.15) is 22.4 Å². The fourth-order valence-corrected chi connectivity index (χ4v) is 3.64. The van der Waals surface area contributed by atoms with E-state index in [-0.39, 0.29) is 5.69 Å². The smallest absolute Gasteiger partial charge is 0.229 e. The van der Waals surface area contributed by atoms with Crippen LogP contribution >= 0.6 is 0 Å². The molecule has 0 amide bonds. The number of anilines is 4. The van der Waals surface area contributed by atoms with Crippen LogP contribution in [0.4, 0.5) is 31.9 Å². The predicted molar refractivity (Wildman–Crippen MR) is 122 cm³/mol. The number of hydrogen-bond donors (Lipinski definition) is 1. The third kappa shape index (κ3) is 4.18. The zero-order chi connectivity index (χ0) is 22.7. The molecule has 160 valence electrons. The van der Waals surface area contributed by atoms with E-state index in [9.17, 15) is 8.78 Å². The van der Waals surface area contributed by atoms with Gasteiger partial charge in [-0.05, 0) is 61.4 Å². The molecule has 0 atom stereocenters. The number of aryl methyl sites for hydroxylation is 1. The summed E-state index contributed by atoms with van der Waals surface area (Å²) >= 11 is 0. The minimum Gasteiger partial charge on any atom is -0.324 e. The standard InChI is InChI=1S/C24H20F2N6/c1-15-19-9-11-32(22-20(25)12-17(13-21(22)26)4-3-10-28-2)23(19)31-24(29-15)30-18-7-5-16(14-27)6-8-18/h3-8,10,12-13H,9,11H2,1-2H3,(H,29,30,31)/b4-3-,28-10+. The monoisotopic (exact) mass is 430 g/mol. The molecule has 1 aliphatic rings. The molecular weight excluding hydrogens is 410 g/mol. The second-order valence-electron chi connectivity index (χ2n) is 7.25. The number of hydrogen-bond acceptors (Lipinski definition) is 6. The van der Waals surface area contributed by atoms with Gasteiger partial charge in [-0.15, -0.1) is 0 Å². The van der Waals surface area contributed by atoms with E-state index < -0.39 is 11.6 Å². The van der Waals surface area contributed by atoms with Gasteiger partial charge in [-0.25, -0.2) is 13.8 Å². The first-order valence-electron chi connectivity index (χ1n) is 10.00. The van der Waals surface area contributed by atoms with Gasteiger partial charge < -0.3 is 10.2 Å². The minimum atomic E-state index is -0.663. The molecule has 0 unspecified atom stereocenters. The summed E-state index contributed by atoms with van der Waals surface area (Å²) in [6, 6.07) is 11.5. The van der Waals surface area contributed by atoms with Crippen LogP contribution < -0.4 is 10.2 Å². The van der Waals surface area contributed by atoms with Gasteiger partial charge in [0.05, 0.1) is 11.6 Å². The Kier molecular flexibility index (Phi) is 5.90. The number of nitriles is 1. The zero-order valence-electron chi connectivity index (χ0n) is 17.6. The van der Waals surface area contributed by atoms with E-state index in [1.165, 1.54) is 12.1 Å². The molecular formula is C24H20F2N6. The average Bonchev–Trinajstić information content (AvgIpc) is 3.18. The summed E-state index contributed by atoms with van der Waals surface area (Å²) in [4.78, 5) is 14.4. The Morgan fingerprint density at radius 1 is 1.16 bits per heavy atom. The van der Waals surface area contributed by atoms with Gasteiger partial charge in [0.1, 0.15) is 11.5 Å². The molecule has 0 radical (unpaired) electrons. The van der Waals surface area contributed by atoms with Crippen molar-refractivity contribution in [1.82, 2.24) is 9.97 Å². The van der Waals surface area contributed by atoms with Gasteiger partial charge in [-0.2, -0.15) is 10.2 Å². The second kappa shape index (κ2) is 8.94. The van der Waals surface area contributed by atoms with Crippen LogP contribution in [-0.4, -0.2) is 29.8 Å². The Labute approximate surface area is 184 Å². The van der Waals surface area contributed by atoms with Gasteiger partial charge in [0.2, 0.25) is 5.95 Å². The van der Waals surface area contributed by atoms with E-state index >= 15 is 0 Å². The lowest BCUT2D eigenvalue weighted by atomic mass is 10.1. The van der Waals surface area contributed by atoms with Gasteiger partial charge in [0, 0.05) is 36.8 Å². The molecule has 3 aromatic rings. The first-order chi connectivity index (χ1) is 15.5. The number of fused-ring (bicyclic) bond motifs is 1. The summed E-state index contributed by atoms with van der Waals surface area (Å²) in [5.74, 6) is -0.530. The maximum atomic E-state index is 15.0. The average molecular weight is 430 g/mol. The number of halogens is 2. The number of allylic oxidation sites excluding steroid dienone is 1. The van der Waals surface area contributed by atoms with E-state index in [0.717, 1.165) is 11.3 Å². The highest BCUT2D eigenvalue weighted by molar-refractivity contribution is 5.79. The topological polar surface area (TPSA) is 77.2 Å². The molecule has 1 aromatic heterocycles. The quantitative estimate of drug-likeness (QED) is 0.571. The largest absolute Gasteiger partial charge is 0.324 e. The van der Waals surface area contributed by atoms with Crippen molar-refractivity contribution in [3.05, 3.63) is 76.5 Å². The molecule has 32 heavy (non-hydrogen) atoms. The number of nitrogens with zero attached hydrogens (tertiary/aromatic N) is 5. The van der Waals surface area contributed by atoms with E-state index in [4.69, 9.17) is 5.26 Å². The normalized spacial score (nSPS) is 13.0. The van der Waals surface area contributed by atoms with Crippen LogP contribution in [0.15, 0.2) is 47.5 Å². The molecule has 0 aliphatic carbocycles. The van der Waals surface area contributed by atoms with Crippen LogP contribution in [0.2, 0.25) is 0 Å². The molecule has 0 bridgehead atoms. The third-order valence-electron chi connectivity index (χ3n) is 5.14. The molecule has 0 saturated carbocycles. The second-order valence-corrected chi connectivity index (χ2v) is 7.25. The van der Waals surface area contributed by atoms with E-state index in [0.29, 0.717) is 41.5 Å². The van der Waals surface area contributed by atoms with Gasteiger partial charge in [-0.3, -0.25) is 4.99 Å². The Morgan fingerprint density at radius 3 is 2.53 bits per heavy atom. The summed E-state index contributed by atoms with van der Waals surface area (Å²) < 4.78 is 29.9. The highest BCUT2D eigenvalue weighted by Gasteiger charge is 2.29. The van der Waals surface area contributed by atoms with Crippen LogP contribution in [-0.2, 0) is 6.42 Å². The Balaban J connectivity index is 1.68. The molecule has 0 spiro atoms. The minimum absolute atomic E-state index is 0.132. The van der Waals surface area contributed by atoms with Crippen LogP contribution in [0.3, 0.4) is 0 Å². The fraction of sp³-hybridized carbons (Fsp3) is 0.167. The lowest BCUT2D eigenvalue weighted by molar-refractivity contribution is 0.581. The predicted octanol–water partition coefficient (Wildman–Crippen LogP) is 5.09. The maximum Gasteiger partial charge on any atom is 0.229 e. The maximum absolute atomic E-state index is 15.0. The summed E-state index contributed by atoms with van der Waals surface area (Å²) in [6.07, 6.45) is 5.35. The zero-order valence-corrected chi connectivity index (χ0v) is 17.6. The van der Waals surface area contributed by atoms with Gasteiger partial charge in [-0.1, -0.05) is 6.08 Å². The van der Waals surface area contributed by atoms with Crippen molar-refractivity contribution in [2.45, 2.75) is 13.3 Å². The van der Waals surface area contributed by atoms with Crippen molar-refractivity contribution in [3.63, 3.8) is 0 Å². The Morgan fingerprint density at radius 2 is 1.88 bits per heavy atom. The van der Waals surface area contributed by atoms with Crippen molar-refractivity contribution in [2.24, 2.45) is 4.99 Å². The van der Waals surface area contributed by atoms with Gasteiger partial charge in [0.15, 0.2) is 11.6 Å². The van der Waals surface area contributed by atoms with Crippen molar-refractivity contribution < 1.29 is 8.78 Å². The van der Waals surface area contributed by atoms with Crippen molar-refractivity contribution in [2.75, 3.05) is 23.8 Å². The van der Waals surface area contributed by atoms with Crippen LogP contribution in [0.5, 0.6) is 0 Å². The van der Waals surface area contributed by atoms with E-state index in [1.54, 1.807) is 54.6 Å². The summed E-state index contributed by atoms with van der Waals surface area (Å²) in [7, 11) is 1.62. The van der Waals surface area contributed by atoms with E-state index in [2.05, 4.69) is 26.3 Å². The third-order valence-corrected chi connectivity index (χ3v) is 5.14. The summed E-state index contributed by atoms with van der Waals surface area (Å²) in [5.41, 5.74) is 3.12. The molecule has 8 heteroatoms. The fourth-order valence-electron chi connectivity index (χ4n) is 3.64. The van der Waals surface area contributed by atoms with Crippen molar-refractivity contribution in [3.8, 4) is 6.07 Å². The lowest BCUT2D eigenvalue weighted by Gasteiger charge is -2.21. The number of rotatable bonds is 5. The number of nitrogens with one attached hydrogen (secondary N) is 1. The number of aromatic nitrogens is 2. The van der Waals surface area contributed by atoms with E-state index in [1.807, 2.05) is 6.92 Å². The Bertz CT molecular complexity index is 1240. The molecule has 2 heterocycles. The molecule has 2 aromatic carbocycles. The molecule has 4 rings (SSSR count). The molecule has 0 saturated heterocycles. The first-order valence-corrected chi connectivity index (χ1v) is 10.00. The molecule has 1 aliphatic heterocycles. The Hall–Kier alpha value is -4.12. The molecule has 6 nitrogen and oxygen atoms in total. The van der Waals surface area contributed by atoms with Crippen molar-refractivity contribution in [1.29, 1.82) is 5.26 Å². The number of benzene rings is 2. The summed E-state index contributed by atoms with van der Waals surface area (Å²) in [5, 5.41) is 12.0.